The van der Waals surface area contributed by atoms with E-state index in [4.69, 9.17) is 10.2 Å². The van der Waals surface area contributed by atoms with Crippen molar-refractivity contribution in [3.05, 3.63) is 0 Å². The Morgan fingerprint density at radius 3 is 2.25 bits per heavy atom. The van der Waals surface area contributed by atoms with Crippen LogP contribution < -0.4 is 0 Å². The van der Waals surface area contributed by atoms with Crippen LogP contribution in [0.25, 0.3) is 0 Å². The van der Waals surface area contributed by atoms with Crippen molar-refractivity contribution in [1.82, 2.24) is 0 Å². The third-order valence-electron chi connectivity index (χ3n) is 0.0500. The molecule has 4 heavy (non-hydrogen) atoms. The van der Waals surface area contributed by atoms with Crippen LogP contribution in [0, 0.1) is 11.1 Å². The lowest BCUT2D eigenvalue weighted by Gasteiger charge is -1.50. The molecule has 0 radical (unpaired) electrons. The summed E-state index contributed by atoms with van der Waals surface area (Å²) in [6.45, 7) is 0. The molecule has 0 saturated carbocycles. The summed E-state index contributed by atoms with van der Waals surface area (Å²) in [5.74, 6) is 1.51. The maximum atomic E-state index is 7.54. The SMILES string of the molecule is N#CPO. The van der Waals surface area contributed by atoms with E-state index in [0.717, 1.165) is 0 Å². The van der Waals surface area contributed by atoms with E-state index in [9.17, 15) is 0 Å². The van der Waals surface area contributed by atoms with Gasteiger partial charge in [0.15, 0.2) is 0 Å². The summed E-state index contributed by atoms with van der Waals surface area (Å²) in [5, 5.41) is 7.39. The highest BCUT2D eigenvalue weighted by Crippen LogP contribution is 1.90. The number of rotatable bonds is 0. The van der Waals surface area contributed by atoms with Gasteiger partial charge in [-0.05, 0) is 0 Å². The van der Waals surface area contributed by atoms with Gasteiger partial charge in [0.2, 0.25) is 0 Å². The fraction of sp³-hybridized carbons (Fsp3) is 0. The van der Waals surface area contributed by atoms with Crippen molar-refractivity contribution >= 4 is 8.81 Å². The van der Waals surface area contributed by atoms with Gasteiger partial charge in [-0.25, -0.2) is 0 Å². The number of nitriles is 1. The van der Waals surface area contributed by atoms with Crippen LogP contribution in [0.5, 0.6) is 0 Å². The van der Waals surface area contributed by atoms with Gasteiger partial charge < -0.3 is 4.89 Å². The predicted octanol–water partition coefficient (Wildman–Crippen LogP) is 0.0533. The van der Waals surface area contributed by atoms with E-state index < -0.39 is 8.81 Å². The molecule has 0 aromatic heterocycles. The lowest BCUT2D eigenvalue weighted by Crippen LogP contribution is -1.23. The van der Waals surface area contributed by atoms with Gasteiger partial charge in [-0.15, -0.1) is 0 Å². The molecule has 0 aliphatic heterocycles. The first kappa shape index (κ1) is 3.88. The summed E-state index contributed by atoms with van der Waals surface area (Å²) >= 11 is 0. The first-order valence-electron chi connectivity index (χ1n) is 0.697. The Morgan fingerprint density at radius 1 is 2.00 bits per heavy atom. The van der Waals surface area contributed by atoms with Crippen molar-refractivity contribution in [3.63, 3.8) is 0 Å². The number of hydrogen-bond donors (Lipinski definition) is 1. The lowest BCUT2D eigenvalue weighted by atomic mass is 11.8. The predicted molar refractivity (Wildman–Crippen MR) is 16.1 cm³/mol. The van der Waals surface area contributed by atoms with Crippen LogP contribution in [-0.4, -0.2) is 4.89 Å². The molecule has 0 heterocycles. The van der Waals surface area contributed by atoms with E-state index in [1.165, 1.54) is 5.81 Å². The Morgan fingerprint density at radius 2 is 2.25 bits per heavy atom. The molecule has 2 nitrogen and oxygen atoms in total. The molecule has 1 unspecified atom stereocenters. The normalized spacial score (nSPS) is 8.00. The fourth-order valence-electron chi connectivity index (χ4n) is 0. The van der Waals surface area contributed by atoms with Crippen molar-refractivity contribution in [2.75, 3.05) is 0 Å². The van der Waals surface area contributed by atoms with E-state index in [-0.39, 0.29) is 0 Å². The van der Waals surface area contributed by atoms with E-state index in [1.54, 1.807) is 0 Å². The molecule has 0 aliphatic rings. The molecule has 0 spiro atoms. The molecule has 3 heteroatoms. The maximum absolute atomic E-state index is 7.54. The second-order valence-electron chi connectivity index (χ2n) is 0.224. The molecule has 0 aliphatic carbocycles. The second kappa shape index (κ2) is 2.88. The summed E-state index contributed by atoms with van der Waals surface area (Å²) in [7, 11) is -0.554. The van der Waals surface area contributed by atoms with Crippen molar-refractivity contribution in [2.24, 2.45) is 0 Å². The van der Waals surface area contributed by atoms with Gasteiger partial charge in [-0.1, -0.05) is 0 Å². The van der Waals surface area contributed by atoms with Gasteiger partial charge in [-0.2, -0.15) is 5.26 Å². The summed E-state index contributed by atoms with van der Waals surface area (Å²) in [5.41, 5.74) is 0. The standard InChI is InChI=1S/CH2NOP/c2-1-4-3/h3-4H. The van der Waals surface area contributed by atoms with Crippen molar-refractivity contribution in [2.45, 2.75) is 0 Å². The Balaban J connectivity index is 2.43. The highest BCUT2D eigenvalue weighted by molar-refractivity contribution is 7.37. The van der Waals surface area contributed by atoms with Crippen molar-refractivity contribution in [3.8, 4) is 5.81 Å². The van der Waals surface area contributed by atoms with Crippen LogP contribution in [0.4, 0.5) is 0 Å². The largest absolute Gasteiger partial charge is 0.362 e. The van der Waals surface area contributed by atoms with E-state index in [1.807, 2.05) is 0 Å². The molecule has 0 aromatic rings. The van der Waals surface area contributed by atoms with Crippen molar-refractivity contribution < 1.29 is 4.89 Å². The van der Waals surface area contributed by atoms with Crippen LogP contribution in [0.2, 0.25) is 0 Å². The second-order valence-corrected chi connectivity index (χ2v) is 0.671. The van der Waals surface area contributed by atoms with E-state index >= 15 is 0 Å². The molecule has 0 saturated heterocycles. The minimum absolute atomic E-state index is 0.554. The topological polar surface area (TPSA) is 44.0 Å². The summed E-state index contributed by atoms with van der Waals surface area (Å²) < 4.78 is 0. The molecular formula is CH2NOP. The van der Waals surface area contributed by atoms with E-state index in [2.05, 4.69) is 0 Å². The third-order valence-corrected chi connectivity index (χ3v) is 0.150. The zero-order chi connectivity index (χ0) is 3.41. The Hall–Kier alpha value is -0.120. The maximum Gasteiger partial charge on any atom is 0.119 e. The molecule has 22 valence electrons. The van der Waals surface area contributed by atoms with Gasteiger partial charge in [-0.3, -0.25) is 0 Å². The Bertz CT molecular complexity index is 37.8. The smallest absolute Gasteiger partial charge is 0.119 e. The zero-order valence-electron chi connectivity index (χ0n) is 1.89. The first-order valence-corrected chi connectivity index (χ1v) is 1.64. The Kier molecular flexibility index (Phi) is 2.79. The average molecular weight is 75.0 g/mol. The summed E-state index contributed by atoms with van der Waals surface area (Å²) in [6.07, 6.45) is 0. The Labute approximate surface area is 25.9 Å². The summed E-state index contributed by atoms with van der Waals surface area (Å²) in [6, 6.07) is 0. The zero-order valence-corrected chi connectivity index (χ0v) is 2.89. The monoisotopic (exact) mass is 75.0 g/mol. The van der Waals surface area contributed by atoms with Crippen LogP contribution in [-0.2, 0) is 0 Å². The number of hydrogen-bond acceptors (Lipinski definition) is 2. The minimum Gasteiger partial charge on any atom is -0.362 e. The summed E-state index contributed by atoms with van der Waals surface area (Å²) in [4.78, 5) is 7.54. The minimum atomic E-state index is -0.554. The quantitative estimate of drug-likeness (QED) is 0.413. The lowest BCUT2D eigenvalue weighted by molar-refractivity contribution is 0.655. The third kappa shape index (κ3) is 1.88. The van der Waals surface area contributed by atoms with Gasteiger partial charge in [0.25, 0.3) is 0 Å². The van der Waals surface area contributed by atoms with Gasteiger partial charge in [0.05, 0.1) is 0 Å². The molecule has 0 amide bonds. The molecule has 0 rings (SSSR count). The van der Waals surface area contributed by atoms with Gasteiger partial charge in [0.1, 0.15) is 14.6 Å². The molecular weight excluding hydrogens is 73.0 g/mol. The van der Waals surface area contributed by atoms with Gasteiger partial charge in [0, 0.05) is 0 Å². The van der Waals surface area contributed by atoms with E-state index in [0.29, 0.717) is 0 Å². The highest BCUT2D eigenvalue weighted by atomic mass is 31.1. The molecule has 0 fully saturated rings. The number of nitrogens with zero attached hydrogens (tertiary/aromatic N) is 1. The average Bonchev–Trinajstić information content (AvgIpc) is 1.37. The fourth-order valence-corrected chi connectivity index (χ4v) is 0. The molecule has 0 bridgehead atoms. The highest BCUT2D eigenvalue weighted by Gasteiger charge is 1.50. The van der Waals surface area contributed by atoms with Gasteiger partial charge >= 0.3 is 0 Å². The molecule has 0 aromatic carbocycles. The van der Waals surface area contributed by atoms with Crippen LogP contribution >= 0.6 is 8.81 Å². The van der Waals surface area contributed by atoms with Crippen LogP contribution in [0.3, 0.4) is 0 Å². The first-order chi connectivity index (χ1) is 1.91. The molecule has 1 atom stereocenters. The van der Waals surface area contributed by atoms with Crippen LogP contribution in [0.1, 0.15) is 0 Å². The molecule has 1 N–H and O–H groups in total. The van der Waals surface area contributed by atoms with Crippen molar-refractivity contribution in [1.29, 1.82) is 5.26 Å². The van der Waals surface area contributed by atoms with Crippen LogP contribution in [0.15, 0.2) is 0 Å².